The maximum absolute atomic E-state index is 12.6. The largest absolute Gasteiger partial charge is 0.497 e. The third-order valence-electron chi connectivity index (χ3n) is 4.81. The molecule has 2 N–H and O–H groups in total. The molecule has 2 aromatic carbocycles. The van der Waals surface area contributed by atoms with Crippen LogP contribution in [-0.2, 0) is 17.6 Å². The van der Waals surface area contributed by atoms with Crippen LogP contribution in [0.4, 0.5) is 5.69 Å². The second-order valence-electron chi connectivity index (χ2n) is 6.29. The number of aryl methyl sites for hydroxylation is 1. The van der Waals surface area contributed by atoms with E-state index in [-0.39, 0.29) is 11.8 Å². The molecule has 0 aliphatic heterocycles. The lowest BCUT2D eigenvalue weighted by atomic mass is 9.85. The summed E-state index contributed by atoms with van der Waals surface area (Å²) >= 11 is 0. The zero-order valence-electron chi connectivity index (χ0n) is 13.6. The molecule has 1 atom stereocenters. The van der Waals surface area contributed by atoms with Gasteiger partial charge in [0.05, 0.1) is 7.11 Å². The SMILES string of the molecule is COc1ccc2[nH]c3c(c2c1)CC(C(=O)Nc1ccccc1)CC3. The highest BCUT2D eigenvalue weighted by molar-refractivity contribution is 5.94. The van der Waals surface area contributed by atoms with Gasteiger partial charge >= 0.3 is 0 Å². The fourth-order valence-electron chi connectivity index (χ4n) is 3.51. The highest BCUT2D eigenvalue weighted by Gasteiger charge is 2.27. The molecule has 1 heterocycles. The number of anilines is 1. The van der Waals surface area contributed by atoms with Gasteiger partial charge in [-0.25, -0.2) is 0 Å². The van der Waals surface area contributed by atoms with Crippen LogP contribution in [0.15, 0.2) is 48.5 Å². The lowest BCUT2D eigenvalue weighted by molar-refractivity contribution is -0.120. The fourth-order valence-corrected chi connectivity index (χ4v) is 3.51. The molecular formula is C20H20N2O2. The molecular weight excluding hydrogens is 300 g/mol. The number of carbonyl (C=O) groups excluding carboxylic acids is 1. The van der Waals surface area contributed by atoms with Crippen LogP contribution in [0.3, 0.4) is 0 Å². The zero-order chi connectivity index (χ0) is 16.5. The molecule has 3 aromatic rings. The number of ether oxygens (including phenoxy) is 1. The van der Waals surface area contributed by atoms with Crippen LogP contribution in [0.5, 0.6) is 5.75 Å². The van der Waals surface area contributed by atoms with E-state index in [1.54, 1.807) is 7.11 Å². The Kier molecular flexibility index (Phi) is 3.73. The number of methoxy groups -OCH3 is 1. The molecule has 0 fully saturated rings. The number of H-pyrrole nitrogens is 1. The van der Waals surface area contributed by atoms with Crippen LogP contribution < -0.4 is 10.1 Å². The van der Waals surface area contributed by atoms with Gasteiger partial charge in [-0.3, -0.25) is 4.79 Å². The molecule has 1 aliphatic carbocycles. The second kappa shape index (κ2) is 6.04. The number of amides is 1. The van der Waals surface area contributed by atoms with E-state index in [2.05, 4.69) is 16.4 Å². The molecule has 4 rings (SSSR count). The lowest BCUT2D eigenvalue weighted by Gasteiger charge is -2.22. The van der Waals surface area contributed by atoms with Crippen molar-refractivity contribution in [1.29, 1.82) is 0 Å². The van der Waals surface area contributed by atoms with Gasteiger partial charge in [-0.1, -0.05) is 18.2 Å². The standard InChI is InChI=1S/C20H20N2O2/c1-24-15-8-10-19-17(12-15)16-11-13(7-9-18(16)22-19)20(23)21-14-5-3-2-4-6-14/h2-6,8,10,12-13,22H,7,9,11H2,1H3,(H,21,23). The first kappa shape index (κ1) is 14.8. The van der Waals surface area contributed by atoms with E-state index in [9.17, 15) is 4.79 Å². The first-order valence-electron chi connectivity index (χ1n) is 8.28. The lowest BCUT2D eigenvalue weighted by Crippen LogP contribution is -2.28. The van der Waals surface area contributed by atoms with E-state index < -0.39 is 0 Å². The van der Waals surface area contributed by atoms with E-state index in [1.807, 2.05) is 42.5 Å². The molecule has 0 saturated heterocycles. The van der Waals surface area contributed by atoms with E-state index in [0.29, 0.717) is 0 Å². The van der Waals surface area contributed by atoms with Gasteiger partial charge in [0.15, 0.2) is 0 Å². The number of hydrogen-bond acceptors (Lipinski definition) is 2. The number of para-hydroxylation sites is 1. The number of benzene rings is 2. The Balaban J connectivity index is 1.59. The minimum Gasteiger partial charge on any atom is -0.497 e. The molecule has 0 saturated carbocycles. The van der Waals surface area contributed by atoms with E-state index >= 15 is 0 Å². The van der Waals surface area contributed by atoms with Crippen molar-refractivity contribution in [1.82, 2.24) is 4.98 Å². The van der Waals surface area contributed by atoms with Crippen molar-refractivity contribution in [3.8, 4) is 5.75 Å². The minimum atomic E-state index is 0.00269. The second-order valence-corrected chi connectivity index (χ2v) is 6.29. The van der Waals surface area contributed by atoms with Crippen molar-refractivity contribution in [2.45, 2.75) is 19.3 Å². The highest BCUT2D eigenvalue weighted by Crippen LogP contribution is 2.34. The summed E-state index contributed by atoms with van der Waals surface area (Å²) in [6.07, 6.45) is 2.54. The third-order valence-corrected chi connectivity index (χ3v) is 4.81. The molecule has 0 spiro atoms. The van der Waals surface area contributed by atoms with E-state index in [1.165, 1.54) is 16.6 Å². The Morgan fingerprint density at radius 2 is 2.04 bits per heavy atom. The Morgan fingerprint density at radius 3 is 2.83 bits per heavy atom. The number of fused-ring (bicyclic) bond motifs is 3. The number of aromatic amines is 1. The van der Waals surface area contributed by atoms with Gasteiger partial charge in [-0.05, 0) is 55.2 Å². The summed E-state index contributed by atoms with van der Waals surface area (Å²) in [4.78, 5) is 16.1. The van der Waals surface area contributed by atoms with Gasteiger partial charge in [0.25, 0.3) is 0 Å². The maximum Gasteiger partial charge on any atom is 0.227 e. The average Bonchev–Trinajstić information content (AvgIpc) is 2.99. The number of carbonyl (C=O) groups is 1. The monoisotopic (exact) mass is 320 g/mol. The number of hydrogen-bond donors (Lipinski definition) is 2. The van der Waals surface area contributed by atoms with Crippen molar-refractivity contribution in [2.24, 2.45) is 5.92 Å². The van der Waals surface area contributed by atoms with Gasteiger partial charge in [-0.15, -0.1) is 0 Å². The van der Waals surface area contributed by atoms with Crippen molar-refractivity contribution < 1.29 is 9.53 Å². The summed E-state index contributed by atoms with van der Waals surface area (Å²) in [5.41, 5.74) is 4.48. The fraction of sp³-hybridized carbons (Fsp3) is 0.250. The summed E-state index contributed by atoms with van der Waals surface area (Å²) < 4.78 is 5.34. The predicted molar refractivity (Wildman–Crippen MR) is 95.4 cm³/mol. The number of aromatic nitrogens is 1. The molecule has 0 radical (unpaired) electrons. The van der Waals surface area contributed by atoms with Crippen molar-refractivity contribution in [3.05, 3.63) is 59.8 Å². The van der Waals surface area contributed by atoms with Crippen molar-refractivity contribution in [2.75, 3.05) is 12.4 Å². The summed E-state index contributed by atoms with van der Waals surface area (Å²) in [6, 6.07) is 15.7. The molecule has 1 amide bonds. The van der Waals surface area contributed by atoms with E-state index in [0.717, 1.165) is 36.2 Å². The summed E-state index contributed by atoms with van der Waals surface area (Å²) in [6.45, 7) is 0. The molecule has 122 valence electrons. The quantitative estimate of drug-likeness (QED) is 0.768. The van der Waals surface area contributed by atoms with Gasteiger partial charge in [0.2, 0.25) is 5.91 Å². The highest BCUT2D eigenvalue weighted by atomic mass is 16.5. The summed E-state index contributed by atoms with van der Waals surface area (Å²) in [5, 5.41) is 4.20. The first-order valence-corrected chi connectivity index (χ1v) is 8.28. The van der Waals surface area contributed by atoms with Gasteiger partial charge < -0.3 is 15.0 Å². The molecule has 1 aromatic heterocycles. The molecule has 1 aliphatic rings. The molecule has 1 unspecified atom stereocenters. The number of nitrogens with one attached hydrogen (secondary N) is 2. The Hall–Kier alpha value is -2.75. The van der Waals surface area contributed by atoms with Crippen LogP contribution >= 0.6 is 0 Å². The summed E-state index contributed by atoms with van der Waals surface area (Å²) in [5.74, 6) is 0.951. The topological polar surface area (TPSA) is 54.1 Å². The minimum absolute atomic E-state index is 0.00269. The van der Waals surface area contributed by atoms with Crippen LogP contribution in [0, 0.1) is 5.92 Å². The molecule has 4 nitrogen and oxygen atoms in total. The molecule has 24 heavy (non-hydrogen) atoms. The van der Waals surface area contributed by atoms with Gasteiger partial charge in [0, 0.05) is 28.2 Å². The smallest absolute Gasteiger partial charge is 0.227 e. The van der Waals surface area contributed by atoms with Crippen LogP contribution in [0.1, 0.15) is 17.7 Å². The molecule has 4 heteroatoms. The molecule has 0 bridgehead atoms. The number of rotatable bonds is 3. The van der Waals surface area contributed by atoms with Crippen LogP contribution in [0.25, 0.3) is 10.9 Å². The van der Waals surface area contributed by atoms with Crippen molar-refractivity contribution >= 4 is 22.5 Å². The normalized spacial score (nSPS) is 16.6. The van der Waals surface area contributed by atoms with Gasteiger partial charge in [-0.2, -0.15) is 0 Å². The van der Waals surface area contributed by atoms with Crippen LogP contribution in [0.2, 0.25) is 0 Å². The maximum atomic E-state index is 12.6. The predicted octanol–water partition coefficient (Wildman–Crippen LogP) is 3.92. The van der Waals surface area contributed by atoms with Crippen molar-refractivity contribution in [3.63, 3.8) is 0 Å². The van der Waals surface area contributed by atoms with E-state index in [4.69, 9.17) is 4.74 Å². The van der Waals surface area contributed by atoms with Crippen LogP contribution in [-0.4, -0.2) is 18.0 Å². The Morgan fingerprint density at radius 1 is 1.21 bits per heavy atom. The first-order chi connectivity index (χ1) is 11.7. The third kappa shape index (κ3) is 2.64. The average molecular weight is 320 g/mol. The van der Waals surface area contributed by atoms with Gasteiger partial charge in [0.1, 0.15) is 5.75 Å². The Bertz CT molecular complexity index is 883. The zero-order valence-corrected chi connectivity index (χ0v) is 13.6. The summed E-state index contributed by atoms with van der Waals surface area (Å²) in [7, 11) is 1.68. The Labute approximate surface area is 140 Å².